The number of aliphatic hydroxyl groups is 2. The van der Waals surface area contributed by atoms with E-state index >= 15 is 0 Å². The second-order valence-electron chi connectivity index (χ2n) is 14.8. The lowest BCUT2D eigenvalue weighted by molar-refractivity contribution is -0.161. The van der Waals surface area contributed by atoms with Gasteiger partial charge in [-0.2, -0.15) is 0 Å². The van der Waals surface area contributed by atoms with E-state index in [2.05, 4.69) is 35.8 Å². The van der Waals surface area contributed by atoms with Crippen LogP contribution in [-0.4, -0.2) is 82.3 Å². The first-order valence-corrected chi connectivity index (χ1v) is 24.0. The second kappa shape index (κ2) is 41.3. The lowest BCUT2D eigenvalue weighted by atomic mass is 10.1. The number of unbranched alkanes of at least 4 members (excludes halogenated alkanes) is 11. The van der Waals surface area contributed by atoms with Gasteiger partial charge < -0.3 is 35.4 Å². The molecule has 0 aliphatic carbocycles. The van der Waals surface area contributed by atoms with Crippen LogP contribution in [0.4, 0.5) is 0 Å². The third-order valence-corrected chi connectivity index (χ3v) is 9.94. The zero-order valence-corrected chi connectivity index (χ0v) is 38.3. The molecule has 0 heterocycles. The number of allylic oxidation sites excluding steroid dienone is 12. The number of aliphatic hydroxyl groups excluding tert-OH is 2. The van der Waals surface area contributed by atoms with Gasteiger partial charge in [0.25, 0.3) is 0 Å². The number of hydrogen-bond acceptors (Lipinski definition) is 11. The summed E-state index contributed by atoms with van der Waals surface area (Å²) in [4.78, 5) is 46.0. The van der Waals surface area contributed by atoms with Crippen molar-refractivity contribution in [2.45, 2.75) is 167 Å². The van der Waals surface area contributed by atoms with Crippen LogP contribution in [0.15, 0.2) is 97.2 Å². The molecule has 0 radical (unpaired) electrons. The minimum atomic E-state index is -4.77. The Morgan fingerprint density at radius 2 is 1.19 bits per heavy atom. The normalized spacial score (nSPS) is 15.6. The fraction of sp³-hybridized carbons (Fsp3) is 0.604. The molecular weight excluding hydrogens is 813 g/mol. The zero-order valence-electron chi connectivity index (χ0n) is 37.4. The topological polar surface area (TPSA) is 212 Å². The Kier molecular flexibility index (Phi) is 38.9. The highest BCUT2D eigenvalue weighted by Gasteiger charge is 2.28. The number of carbonyl (C=O) groups is 3. The van der Waals surface area contributed by atoms with Crippen molar-refractivity contribution in [1.82, 2.24) is 0 Å². The maximum absolute atomic E-state index is 12.6. The molecule has 0 rings (SSSR count). The highest BCUT2D eigenvalue weighted by molar-refractivity contribution is 7.47. The Morgan fingerprint density at radius 1 is 0.613 bits per heavy atom. The van der Waals surface area contributed by atoms with Crippen LogP contribution in [-0.2, 0) is 37.5 Å². The Bertz CT molecular complexity index is 1450. The van der Waals surface area contributed by atoms with E-state index in [-0.39, 0.29) is 12.8 Å². The molecule has 62 heavy (non-hydrogen) atoms. The van der Waals surface area contributed by atoms with Gasteiger partial charge in [0.05, 0.1) is 25.4 Å². The first kappa shape index (κ1) is 58.3. The van der Waals surface area contributed by atoms with Crippen LogP contribution in [0, 0.1) is 0 Å². The van der Waals surface area contributed by atoms with Gasteiger partial charge in [-0.3, -0.25) is 23.4 Å². The molecule has 0 aliphatic rings. The fourth-order valence-electron chi connectivity index (χ4n) is 5.42. The van der Waals surface area contributed by atoms with E-state index < -0.39 is 69.9 Å². The van der Waals surface area contributed by atoms with Crippen molar-refractivity contribution in [2.24, 2.45) is 5.73 Å². The molecule has 0 saturated heterocycles. The maximum atomic E-state index is 12.6. The van der Waals surface area contributed by atoms with Crippen molar-refractivity contribution < 1.29 is 57.7 Å². The summed E-state index contributed by atoms with van der Waals surface area (Å²) < 4.78 is 32.6. The Labute approximate surface area is 371 Å². The number of ether oxygens (including phenoxy) is 2. The molecule has 352 valence electrons. The highest BCUT2D eigenvalue weighted by Crippen LogP contribution is 2.43. The van der Waals surface area contributed by atoms with E-state index in [0.29, 0.717) is 32.1 Å². The van der Waals surface area contributed by atoms with Crippen molar-refractivity contribution in [3.63, 3.8) is 0 Å². The van der Waals surface area contributed by atoms with Crippen LogP contribution < -0.4 is 5.73 Å². The van der Waals surface area contributed by atoms with Gasteiger partial charge in [0.1, 0.15) is 12.6 Å². The molecule has 0 aromatic carbocycles. The van der Waals surface area contributed by atoms with Crippen molar-refractivity contribution in [1.29, 1.82) is 0 Å². The van der Waals surface area contributed by atoms with Gasteiger partial charge in [-0.15, -0.1) is 0 Å². The predicted octanol–water partition coefficient (Wildman–Crippen LogP) is 10.0. The minimum Gasteiger partial charge on any atom is -0.480 e. The maximum Gasteiger partial charge on any atom is 0.472 e. The van der Waals surface area contributed by atoms with Crippen molar-refractivity contribution in [2.75, 3.05) is 19.8 Å². The summed E-state index contributed by atoms with van der Waals surface area (Å²) in [6, 6.07) is -1.56. The Balaban J connectivity index is 4.61. The number of esters is 2. The van der Waals surface area contributed by atoms with Gasteiger partial charge >= 0.3 is 25.7 Å². The number of phosphoric ester groups is 1. The number of aliphatic carboxylic acids is 1. The smallest absolute Gasteiger partial charge is 0.472 e. The van der Waals surface area contributed by atoms with Gasteiger partial charge in [0.2, 0.25) is 0 Å². The number of hydrogen-bond donors (Lipinski definition) is 5. The SMILES string of the molecule is CC/C=C\C[C@@H](O)/C=C/C=C\C/C=C\C=C\[C@@H](O)/C=C\CCCC(=O)OC[C@H](COP(=O)(O)OC[C@H](N)C(=O)O)OC(=O)CCCCCCCCC/C=C\C/C=C\CCCCC. The van der Waals surface area contributed by atoms with E-state index in [4.69, 9.17) is 24.8 Å². The van der Waals surface area contributed by atoms with Gasteiger partial charge in [0.15, 0.2) is 6.10 Å². The van der Waals surface area contributed by atoms with Gasteiger partial charge in [-0.25, -0.2) is 4.57 Å². The number of carboxylic acid groups (broad SMARTS) is 1. The third kappa shape index (κ3) is 40.4. The van der Waals surface area contributed by atoms with Gasteiger partial charge in [0, 0.05) is 12.8 Å². The van der Waals surface area contributed by atoms with Crippen LogP contribution >= 0.6 is 7.82 Å². The zero-order chi connectivity index (χ0) is 45.9. The van der Waals surface area contributed by atoms with Crippen molar-refractivity contribution in [3.8, 4) is 0 Å². The first-order valence-electron chi connectivity index (χ1n) is 22.5. The molecular formula is C48H78NO12P. The van der Waals surface area contributed by atoms with Gasteiger partial charge in [-0.05, 0) is 70.6 Å². The monoisotopic (exact) mass is 892 g/mol. The molecule has 6 N–H and O–H groups in total. The molecule has 0 aliphatic heterocycles. The number of phosphoric acid groups is 1. The van der Waals surface area contributed by atoms with Crippen molar-refractivity contribution >= 4 is 25.7 Å². The molecule has 1 unspecified atom stereocenters. The summed E-state index contributed by atoms with van der Waals surface area (Å²) >= 11 is 0. The number of carbonyl (C=O) groups excluding carboxylic acids is 2. The number of nitrogens with two attached hydrogens (primary N) is 1. The molecule has 0 saturated carbocycles. The predicted molar refractivity (Wildman–Crippen MR) is 247 cm³/mol. The van der Waals surface area contributed by atoms with Crippen LogP contribution in [0.25, 0.3) is 0 Å². The summed E-state index contributed by atoms with van der Waals surface area (Å²) in [5.41, 5.74) is 5.32. The van der Waals surface area contributed by atoms with E-state index in [0.717, 1.165) is 64.2 Å². The summed E-state index contributed by atoms with van der Waals surface area (Å²) in [5.74, 6) is -2.61. The average Bonchev–Trinajstić information content (AvgIpc) is 3.24. The fourth-order valence-corrected chi connectivity index (χ4v) is 6.20. The largest absolute Gasteiger partial charge is 0.480 e. The molecule has 14 heteroatoms. The quantitative estimate of drug-likeness (QED) is 0.0128. The Hall–Kier alpha value is -3.68. The third-order valence-electron chi connectivity index (χ3n) is 8.99. The van der Waals surface area contributed by atoms with Gasteiger partial charge in [-0.1, -0.05) is 156 Å². The van der Waals surface area contributed by atoms with E-state index in [1.807, 2.05) is 49.5 Å². The van der Waals surface area contributed by atoms with E-state index in [9.17, 15) is 34.1 Å². The highest BCUT2D eigenvalue weighted by atomic mass is 31.2. The molecule has 13 nitrogen and oxygen atoms in total. The standard InChI is InChI=1S/C48H78NO12P/c1-3-5-7-8-9-10-11-12-13-14-15-16-17-18-22-25-31-38-47(53)61-44(40-59-62(56,57)60-41-45(49)48(54)55)39-58-46(52)37-32-26-30-36-43(51)35-29-24-21-19-20-23-28-34-42(50)33-27-6-4-2/h6,9-10,12-13,20-21,23-24,27-30,34-36,42-45,50-51H,3-5,7-8,11,14-19,22,25-26,31-33,37-41,49H2,1-2H3,(H,54,55)(H,56,57)/b10-9-,13-12-,23-20-,24-21-,27-6-,34-28+,35-29+,36-30-/t42-,43-,44-,45+/m1/s1. The lowest BCUT2D eigenvalue weighted by Crippen LogP contribution is -2.34. The number of carboxylic acids is 1. The second-order valence-corrected chi connectivity index (χ2v) is 16.3. The van der Waals surface area contributed by atoms with E-state index in [1.165, 1.54) is 19.3 Å². The molecule has 5 atom stereocenters. The summed E-state index contributed by atoms with van der Waals surface area (Å²) in [6.45, 7) is 2.37. The Morgan fingerprint density at radius 3 is 1.85 bits per heavy atom. The van der Waals surface area contributed by atoms with Crippen LogP contribution in [0.2, 0.25) is 0 Å². The lowest BCUT2D eigenvalue weighted by Gasteiger charge is -2.20. The first-order chi connectivity index (χ1) is 29.9. The number of rotatable bonds is 40. The van der Waals surface area contributed by atoms with Crippen LogP contribution in [0.3, 0.4) is 0 Å². The molecule has 0 amide bonds. The minimum absolute atomic E-state index is 0.0281. The van der Waals surface area contributed by atoms with E-state index in [1.54, 1.807) is 30.4 Å². The summed E-state index contributed by atoms with van der Waals surface area (Å²) in [7, 11) is -4.77. The molecule has 0 fully saturated rings. The van der Waals surface area contributed by atoms with Crippen LogP contribution in [0.5, 0.6) is 0 Å². The van der Waals surface area contributed by atoms with Crippen molar-refractivity contribution in [3.05, 3.63) is 97.2 Å². The van der Waals surface area contributed by atoms with Crippen LogP contribution in [0.1, 0.15) is 142 Å². The molecule has 0 aromatic heterocycles. The molecule has 0 bridgehead atoms. The average molecular weight is 892 g/mol. The molecule has 0 aromatic rings. The summed E-state index contributed by atoms with van der Waals surface area (Å²) in [5, 5.41) is 28.9. The summed E-state index contributed by atoms with van der Waals surface area (Å²) in [6.07, 6.45) is 45.4. The molecule has 0 spiro atoms.